The molecule has 2 aromatic carbocycles. The first-order chi connectivity index (χ1) is 13.0. The lowest BCUT2D eigenvalue weighted by Gasteiger charge is -2.08. The van der Waals surface area contributed by atoms with E-state index in [1.807, 2.05) is 48.5 Å². The first kappa shape index (κ1) is 19.4. The van der Waals surface area contributed by atoms with E-state index in [0.717, 1.165) is 9.26 Å². The molecule has 0 spiro atoms. The number of carbonyl (C=O) groups is 2. The molecule has 0 bridgehead atoms. The molecule has 0 fully saturated rings. The van der Waals surface area contributed by atoms with Crippen LogP contribution in [0.2, 0.25) is 5.15 Å². The predicted octanol–water partition coefficient (Wildman–Crippen LogP) is 4.23. The molecule has 1 aromatic heterocycles. The van der Waals surface area contributed by atoms with Crippen molar-refractivity contribution >= 4 is 51.8 Å². The summed E-state index contributed by atoms with van der Waals surface area (Å²) in [5, 5.41) is 7.13. The fourth-order valence-corrected chi connectivity index (χ4v) is 3.29. The highest BCUT2D eigenvalue weighted by atomic mass is 127. The molecule has 1 N–H and O–H groups in total. The minimum absolute atomic E-state index is 0.140. The van der Waals surface area contributed by atoms with Gasteiger partial charge in [-0.2, -0.15) is 5.10 Å². The van der Waals surface area contributed by atoms with Gasteiger partial charge in [0.1, 0.15) is 10.7 Å². The summed E-state index contributed by atoms with van der Waals surface area (Å²) >= 11 is 8.43. The van der Waals surface area contributed by atoms with Crippen molar-refractivity contribution < 1.29 is 14.3 Å². The van der Waals surface area contributed by atoms with Crippen LogP contribution in [-0.4, -0.2) is 28.3 Å². The Kier molecular flexibility index (Phi) is 6.12. The van der Waals surface area contributed by atoms with Crippen molar-refractivity contribution in [2.24, 2.45) is 0 Å². The molecule has 3 rings (SSSR count). The predicted molar refractivity (Wildman–Crippen MR) is 111 cm³/mol. The molecule has 0 aliphatic heterocycles. The standard InChI is InChI=1S/C19H15ClIN3O3/c1-12-17(18(20)24(23-12)13-7-3-2-4-8-13)19(26)27-11-16(25)22-15-10-6-5-9-14(15)21/h2-10H,11H2,1H3,(H,22,25). The Labute approximate surface area is 174 Å². The second-order valence-electron chi connectivity index (χ2n) is 5.60. The van der Waals surface area contributed by atoms with Crippen molar-refractivity contribution in [3.8, 4) is 5.69 Å². The zero-order valence-corrected chi connectivity index (χ0v) is 17.2. The Morgan fingerprint density at radius 2 is 1.81 bits per heavy atom. The third-order valence-corrected chi connectivity index (χ3v) is 4.98. The van der Waals surface area contributed by atoms with Gasteiger partial charge in [0.2, 0.25) is 0 Å². The quantitative estimate of drug-likeness (QED) is 0.425. The molecule has 0 unspecified atom stereocenters. The number of nitrogens with one attached hydrogen (secondary N) is 1. The molecule has 0 atom stereocenters. The Hall–Kier alpha value is -2.39. The number of aromatic nitrogens is 2. The van der Waals surface area contributed by atoms with Crippen LogP contribution in [0.15, 0.2) is 54.6 Å². The molecule has 27 heavy (non-hydrogen) atoms. The maximum atomic E-state index is 12.4. The van der Waals surface area contributed by atoms with Gasteiger partial charge in [-0.15, -0.1) is 0 Å². The van der Waals surface area contributed by atoms with Crippen LogP contribution in [0.1, 0.15) is 16.1 Å². The van der Waals surface area contributed by atoms with Crippen LogP contribution in [0.25, 0.3) is 5.69 Å². The summed E-state index contributed by atoms with van der Waals surface area (Å²) in [4.78, 5) is 24.5. The summed E-state index contributed by atoms with van der Waals surface area (Å²) in [7, 11) is 0. The molecule has 0 saturated carbocycles. The third kappa shape index (κ3) is 4.48. The number of para-hydroxylation sites is 2. The number of esters is 1. The molecule has 0 radical (unpaired) electrons. The molecule has 8 heteroatoms. The van der Waals surface area contributed by atoms with Gasteiger partial charge in [0.05, 0.1) is 17.1 Å². The van der Waals surface area contributed by atoms with Crippen LogP contribution in [0, 0.1) is 10.5 Å². The van der Waals surface area contributed by atoms with E-state index < -0.39 is 18.5 Å². The van der Waals surface area contributed by atoms with Crippen molar-refractivity contribution in [2.45, 2.75) is 6.92 Å². The lowest BCUT2D eigenvalue weighted by molar-refractivity contribution is -0.119. The smallest absolute Gasteiger partial charge is 0.343 e. The van der Waals surface area contributed by atoms with Crippen LogP contribution >= 0.6 is 34.2 Å². The summed E-state index contributed by atoms with van der Waals surface area (Å²) in [6.45, 7) is 1.24. The molecule has 0 aliphatic rings. The van der Waals surface area contributed by atoms with Crippen LogP contribution in [0.5, 0.6) is 0 Å². The zero-order chi connectivity index (χ0) is 19.4. The first-order valence-corrected chi connectivity index (χ1v) is 9.45. The number of halogens is 2. The van der Waals surface area contributed by atoms with Crippen LogP contribution < -0.4 is 5.32 Å². The number of rotatable bonds is 5. The van der Waals surface area contributed by atoms with E-state index in [4.69, 9.17) is 16.3 Å². The highest BCUT2D eigenvalue weighted by Crippen LogP contribution is 2.24. The van der Waals surface area contributed by atoms with Gasteiger partial charge in [0.15, 0.2) is 6.61 Å². The molecular weight excluding hydrogens is 481 g/mol. The number of ether oxygens (including phenoxy) is 1. The Balaban J connectivity index is 1.69. The molecular formula is C19H15ClIN3O3. The van der Waals surface area contributed by atoms with E-state index in [9.17, 15) is 9.59 Å². The number of carbonyl (C=O) groups excluding carboxylic acids is 2. The van der Waals surface area contributed by atoms with Crippen LogP contribution in [-0.2, 0) is 9.53 Å². The summed E-state index contributed by atoms with van der Waals surface area (Å²) in [5.41, 5.74) is 1.95. The van der Waals surface area contributed by atoms with Gasteiger partial charge in [-0.1, -0.05) is 41.9 Å². The van der Waals surface area contributed by atoms with Crippen LogP contribution in [0.4, 0.5) is 5.69 Å². The number of amides is 1. The monoisotopic (exact) mass is 495 g/mol. The van der Waals surface area contributed by atoms with E-state index in [1.165, 1.54) is 4.68 Å². The molecule has 0 saturated heterocycles. The van der Waals surface area contributed by atoms with E-state index in [0.29, 0.717) is 11.4 Å². The van der Waals surface area contributed by atoms with Crippen molar-refractivity contribution in [3.63, 3.8) is 0 Å². The molecule has 138 valence electrons. The van der Waals surface area contributed by atoms with E-state index >= 15 is 0 Å². The minimum atomic E-state index is -0.697. The average Bonchev–Trinajstić information content (AvgIpc) is 2.97. The summed E-state index contributed by atoms with van der Waals surface area (Å²) < 4.78 is 7.47. The van der Waals surface area contributed by atoms with Gasteiger partial charge >= 0.3 is 5.97 Å². The van der Waals surface area contributed by atoms with Gasteiger partial charge in [0.25, 0.3) is 5.91 Å². The lowest BCUT2D eigenvalue weighted by atomic mass is 10.2. The van der Waals surface area contributed by atoms with Crippen molar-refractivity contribution in [2.75, 3.05) is 11.9 Å². The molecule has 3 aromatic rings. The summed E-state index contributed by atoms with van der Waals surface area (Å²) in [6.07, 6.45) is 0. The summed E-state index contributed by atoms with van der Waals surface area (Å²) in [5.74, 6) is -1.13. The van der Waals surface area contributed by atoms with Crippen molar-refractivity contribution in [1.82, 2.24) is 9.78 Å². The minimum Gasteiger partial charge on any atom is -0.452 e. The highest BCUT2D eigenvalue weighted by Gasteiger charge is 2.23. The highest BCUT2D eigenvalue weighted by molar-refractivity contribution is 14.1. The van der Waals surface area contributed by atoms with Crippen molar-refractivity contribution in [3.05, 3.63) is 74.6 Å². The largest absolute Gasteiger partial charge is 0.452 e. The topological polar surface area (TPSA) is 73.2 Å². The molecule has 6 nitrogen and oxygen atoms in total. The number of hydrogen-bond donors (Lipinski definition) is 1. The maximum absolute atomic E-state index is 12.4. The first-order valence-electron chi connectivity index (χ1n) is 7.99. The number of hydrogen-bond acceptors (Lipinski definition) is 4. The van der Waals surface area contributed by atoms with Gasteiger partial charge in [-0.3, -0.25) is 4.79 Å². The number of benzene rings is 2. The van der Waals surface area contributed by atoms with E-state index in [2.05, 4.69) is 33.0 Å². The normalized spacial score (nSPS) is 10.5. The Morgan fingerprint density at radius 1 is 1.15 bits per heavy atom. The lowest BCUT2D eigenvalue weighted by Crippen LogP contribution is -2.21. The third-order valence-electron chi connectivity index (χ3n) is 3.69. The Morgan fingerprint density at radius 3 is 2.52 bits per heavy atom. The van der Waals surface area contributed by atoms with Crippen molar-refractivity contribution in [1.29, 1.82) is 0 Å². The maximum Gasteiger partial charge on any atom is 0.343 e. The SMILES string of the molecule is Cc1nn(-c2ccccc2)c(Cl)c1C(=O)OCC(=O)Nc1ccccc1I. The van der Waals surface area contributed by atoms with Gasteiger partial charge < -0.3 is 10.1 Å². The van der Waals surface area contributed by atoms with E-state index in [-0.39, 0.29) is 10.7 Å². The second-order valence-corrected chi connectivity index (χ2v) is 7.12. The van der Waals surface area contributed by atoms with Crippen LogP contribution in [0.3, 0.4) is 0 Å². The number of nitrogens with zero attached hydrogens (tertiary/aromatic N) is 2. The van der Waals surface area contributed by atoms with Gasteiger partial charge in [0, 0.05) is 3.57 Å². The van der Waals surface area contributed by atoms with Gasteiger partial charge in [-0.25, -0.2) is 9.48 Å². The zero-order valence-electron chi connectivity index (χ0n) is 14.3. The molecule has 1 heterocycles. The second kappa shape index (κ2) is 8.53. The number of anilines is 1. The average molecular weight is 496 g/mol. The molecule has 0 aliphatic carbocycles. The Bertz CT molecular complexity index is 989. The molecule has 1 amide bonds. The fourth-order valence-electron chi connectivity index (χ4n) is 2.42. The summed E-state index contributed by atoms with van der Waals surface area (Å²) in [6, 6.07) is 16.5. The fraction of sp³-hybridized carbons (Fsp3) is 0.105. The van der Waals surface area contributed by atoms with Gasteiger partial charge in [-0.05, 0) is 53.8 Å². The van der Waals surface area contributed by atoms with E-state index in [1.54, 1.807) is 13.0 Å². The number of aryl methyl sites for hydroxylation is 1.